The zero-order valence-corrected chi connectivity index (χ0v) is 17.0. The summed E-state index contributed by atoms with van der Waals surface area (Å²) >= 11 is 6.16. The SMILES string of the molecule is Cc1ccc(NC(=O)N2CCC(CO)(NC(=O)OC(C)(C)C)CC2)c(Cl)c1. The van der Waals surface area contributed by atoms with Gasteiger partial charge in [0.05, 0.1) is 22.9 Å². The highest BCUT2D eigenvalue weighted by Gasteiger charge is 2.38. The van der Waals surface area contributed by atoms with E-state index in [-0.39, 0.29) is 12.6 Å². The van der Waals surface area contributed by atoms with E-state index in [1.807, 2.05) is 13.0 Å². The Labute approximate surface area is 165 Å². The topological polar surface area (TPSA) is 90.9 Å². The Kier molecular flexibility index (Phi) is 6.59. The number of halogens is 1. The number of aliphatic hydroxyl groups is 1. The lowest BCUT2D eigenvalue weighted by Crippen LogP contribution is -2.59. The Morgan fingerprint density at radius 2 is 1.93 bits per heavy atom. The van der Waals surface area contributed by atoms with Crippen LogP contribution in [0.25, 0.3) is 0 Å². The molecule has 3 amide bonds. The third-order valence-electron chi connectivity index (χ3n) is 4.44. The zero-order chi connectivity index (χ0) is 20.2. The van der Waals surface area contributed by atoms with E-state index in [2.05, 4.69) is 10.6 Å². The van der Waals surface area contributed by atoms with Crippen molar-refractivity contribution < 1.29 is 19.4 Å². The van der Waals surface area contributed by atoms with Crippen molar-refractivity contribution in [3.05, 3.63) is 28.8 Å². The summed E-state index contributed by atoms with van der Waals surface area (Å²) < 4.78 is 5.27. The lowest BCUT2D eigenvalue weighted by molar-refractivity contribution is 0.0307. The van der Waals surface area contributed by atoms with Crippen LogP contribution in [-0.4, -0.2) is 53.0 Å². The van der Waals surface area contributed by atoms with E-state index in [1.165, 1.54) is 0 Å². The quantitative estimate of drug-likeness (QED) is 0.727. The molecule has 0 spiro atoms. The van der Waals surface area contributed by atoms with Crippen molar-refractivity contribution >= 4 is 29.4 Å². The number of carbonyl (C=O) groups excluding carboxylic acids is 2. The highest BCUT2D eigenvalue weighted by atomic mass is 35.5. The second kappa shape index (κ2) is 8.35. The number of likely N-dealkylation sites (tertiary alicyclic amines) is 1. The number of carbonyl (C=O) groups is 2. The molecular weight excluding hydrogens is 370 g/mol. The van der Waals surface area contributed by atoms with Crippen molar-refractivity contribution in [2.75, 3.05) is 25.0 Å². The minimum Gasteiger partial charge on any atom is -0.444 e. The second-order valence-electron chi connectivity index (χ2n) is 7.97. The van der Waals surface area contributed by atoms with E-state index < -0.39 is 17.2 Å². The molecule has 1 aliphatic rings. The molecule has 2 rings (SSSR count). The Balaban J connectivity index is 1.94. The van der Waals surface area contributed by atoms with Crippen LogP contribution < -0.4 is 10.6 Å². The van der Waals surface area contributed by atoms with Gasteiger partial charge in [-0.3, -0.25) is 0 Å². The Morgan fingerprint density at radius 3 is 2.44 bits per heavy atom. The second-order valence-corrected chi connectivity index (χ2v) is 8.37. The van der Waals surface area contributed by atoms with Gasteiger partial charge in [-0.25, -0.2) is 9.59 Å². The number of amides is 3. The third-order valence-corrected chi connectivity index (χ3v) is 4.76. The Hall–Kier alpha value is -1.99. The summed E-state index contributed by atoms with van der Waals surface area (Å²) in [5.41, 5.74) is 0.157. The van der Waals surface area contributed by atoms with Crippen LogP contribution in [-0.2, 0) is 4.74 Å². The molecule has 0 aliphatic carbocycles. The largest absolute Gasteiger partial charge is 0.444 e. The van der Waals surface area contributed by atoms with Gasteiger partial charge >= 0.3 is 12.1 Å². The van der Waals surface area contributed by atoms with Crippen LogP contribution >= 0.6 is 11.6 Å². The third kappa shape index (κ3) is 6.01. The van der Waals surface area contributed by atoms with Crippen LogP contribution in [0.15, 0.2) is 18.2 Å². The summed E-state index contributed by atoms with van der Waals surface area (Å²) in [4.78, 5) is 26.2. The summed E-state index contributed by atoms with van der Waals surface area (Å²) in [6, 6.07) is 5.17. The van der Waals surface area contributed by atoms with Gasteiger partial charge in [-0.2, -0.15) is 0 Å². The molecule has 1 aromatic rings. The number of anilines is 1. The first-order valence-corrected chi connectivity index (χ1v) is 9.35. The van der Waals surface area contributed by atoms with Crippen LogP contribution in [0.1, 0.15) is 39.2 Å². The number of nitrogens with zero attached hydrogens (tertiary/aromatic N) is 1. The minimum atomic E-state index is -0.791. The number of hydrogen-bond acceptors (Lipinski definition) is 4. The van der Waals surface area contributed by atoms with Gasteiger partial charge in [0.15, 0.2) is 0 Å². The molecule has 1 aromatic carbocycles. The molecule has 0 bridgehead atoms. The first-order valence-electron chi connectivity index (χ1n) is 8.98. The number of urea groups is 1. The number of aryl methyl sites for hydroxylation is 1. The maximum Gasteiger partial charge on any atom is 0.408 e. The molecule has 7 nitrogen and oxygen atoms in total. The highest BCUT2D eigenvalue weighted by Crippen LogP contribution is 2.26. The zero-order valence-electron chi connectivity index (χ0n) is 16.3. The number of aliphatic hydroxyl groups excluding tert-OH is 1. The molecule has 150 valence electrons. The lowest BCUT2D eigenvalue weighted by atomic mass is 9.88. The smallest absolute Gasteiger partial charge is 0.408 e. The molecule has 1 saturated heterocycles. The van der Waals surface area contributed by atoms with E-state index >= 15 is 0 Å². The van der Waals surface area contributed by atoms with E-state index in [0.717, 1.165) is 5.56 Å². The maximum atomic E-state index is 12.5. The molecule has 0 radical (unpaired) electrons. The first-order chi connectivity index (χ1) is 12.5. The number of alkyl carbamates (subject to hydrolysis) is 1. The average Bonchev–Trinajstić information content (AvgIpc) is 2.56. The van der Waals surface area contributed by atoms with Gasteiger partial charge in [-0.05, 0) is 58.2 Å². The number of hydrogen-bond donors (Lipinski definition) is 3. The van der Waals surface area contributed by atoms with E-state index in [0.29, 0.717) is 36.6 Å². The van der Waals surface area contributed by atoms with Crippen LogP contribution in [0.4, 0.5) is 15.3 Å². The lowest BCUT2D eigenvalue weighted by Gasteiger charge is -2.41. The molecule has 1 heterocycles. The molecule has 27 heavy (non-hydrogen) atoms. The summed E-state index contributed by atoms with van der Waals surface area (Å²) in [7, 11) is 0. The van der Waals surface area contributed by atoms with Crippen LogP contribution in [0, 0.1) is 6.92 Å². The van der Waals surface area contributed by atoms with Crippen LogP contribution in [0.5, 0.6) is 0 Å². The number of piperidine rings is 1. The fourth-order valence-corrected chi connectivity index (χ4v) is 3.18. The first kappa shape index (κ1) is 21.3. The normalized spacial score (nSPS) is 16.6. The van der Waals surface area contributed by atoms with Crippen LogP contribution in [0.2, 0.25) is 5.02 Å². The molecule has 3 N–H and O–H groups in total. The van der Waals surface area contributed by atoms with Gasteiger partial charge in [0.25, 0.3) is 0 Å². The fraction of sp³-hybridized carbons (Fsp3) is 0.579. The number of ether oxygens (including phenoxy) is 1. The Bertz CT molecular complexity index is 695. The predicted molar refractivity (Wildman–Crippen MR) is 105 cm³/mol. The number of benzene rings is 1. The standard InChI is InChI=1S/C19H28ClN3O4/c1-13-5-6-15(14(20)11-13)21-16(25)23-9-7-19(12-24,8-10-23)22-17(26)27-18(2,3)4/h5-6,11,24H,7-10,12H2,1-4H3,(H,21,25)(H,22,26). The van der Waals surface area contributed by atoms with Crippen molar-refractivity contribution in [3.63, 3.8) is 0 Å². The van der Waals surface area contributed by atoms with E-state index in [9.17, 15) is 14.7 Å². The molecule has 1 fully saturated rings. The van der Waals surface area contributed by atoms with Crippen LogP contribution in [0.3, 0.4) is 0 Å². The molecule has 8 heteroatoms. The predicted octanol–water partition coefficient (Wildman–Crippen LogP) is 3.53. The Morgan fingerprint density at radius 1 is 1.30 bits per heavy atom. The van der Waals surface area contributed by atoms with Crippen molar-refractivity contribution in [2.45, 2.75) is 51.7 Å². The van der Waals surface area contributed by atoms with Gasteiger partial charge in [-0.1, -0.05) is 17.7 Å². The van der Waals surface area contributed by atoms with Gasteiger partial charge in [0.1, 0.15) is 5.60 Å². The van der Waals surface area contributed by atoms with Crippen molar-refractivity contribution in [2.24, 2.45) is 0 Å². The highest BCUT2D eigenvalue weighted by molar-refractivity contribution is 6.33. The van der Waals surface area contributed by atoms with Crippen molar-refractivity contribution in [3.8, 4) is 0 Å². The summed E-state index contributed by atoms with van der Waals surface area (Å²) in [6.07, 6.45) is 0.288. The molecule has 0 aromatic heterocycles. The molecular formula is C19H28ClN3O4. The van der Waals surface area contributed by atoms with E-state index in [1.54, 1.807) is 37.8 Å². The van der Waals surface area contributed by atoms with Gasteiger partial charge in [-0.15, -0.1) is 0 Å². The van der Waals surface area contributed by atoms with Gasteiger partial charge in [0.2, 0.25) is 0 Å². The average molecular weight is 398 g/mol. The monoisotopic (exact) mass is 397 g/mol. The summed E-state index contributed by atoms with van der Waals surface area (Å²) in [5.74, 6) is 0. The maximum absolute atomic E-state index is 12.5. The number of rotatable bonds is 3. The number of nitrogens with one attached hydrogen (secondary N) is 2. The molecule has 0 unspecified atom stereocenters. The molecule has 1 aliphatic heterocycles. The molecule has 0 saturated carbocycles. The van der Waals surface area contributed by atoms with E-state index in [4.69, 9.17) is 16.3 Å². The summed E-state index contributed by atoms with van der Waals surface area (Å²) in [6.45, 7) is 7.83. The van der Waals surface area contributed by atoms with Crippen molar-refractivity contribution in [1.29, 1.82) is 0 Å². The minimum absolute atomic E-state index is 0.217. The fourth-order valence-electron chi connectivity index (χ4n) is 2.90. The van der Waals surface area contributed by atoms with Gasteiger partial charge in [0, 0.05) is 13.1 Å². The summed E-state index contributed by atoms with van der Waals surface area (Å²) in [5, 5.41) is 15.9. The van der Waals surface area contributed by atoms with Crippen molar-refractivity contribution in [1.82, 2.24) is 10.2 Å². The molecule has 0 atom stereocenters. The van der Waals surface area contributed by atoms with Gasteiger partial charge < -0.3 is 25.4 Å².